The molecule has 7 nitrogen and oxygen atoms in total. The number of β-amino-alcohol motifs (C(OH)–C–C–N with tert-alkyl or cyclic N) is 1. The maximum absolute atomic E-state index is 12.9. The van der Waals surface area contributed by atoms with Gasteiger partial charge in [0.25, 0.3) is 0 Å². The lowest BCUT2D eigenvalue weighted by molar-refractivity contribution is -0.149. The first-order valence-electron chi connectivity index (χ1n) is 8.64. The standard InChI is InChI=1S/C19H26N4O3.ClH/c1-19(2,3)16(21)18(26)23(17(25)15-8-14(24)10-22-15)11-13-6-4-12(9-20)5-7-13;/h4-7,14-16,22,24H,8,10-11,21H2,1-3H3;1H/t14-,15+,16-;/m1./s1. The average molecular weight is 395 g/mol. The summed E-state index contributed by atoms with van der Waals surface area (Å²) in [6.07, 6.45) is -0.340. The Labute approximate surface area is 165 Å². The second-order valence-electron chi connectivity index (χ2n) is 7.77. The van der Waals surface area contributed by atoms with Gasteiger partial charge in [-0.3, -0.25) is 14.5 Å². The van der Waals surface area contributed by atoms with Crippen molar-refractivity contribution in [2.75, 3.05) is 6.54 Å². The van der Waals surface area contributed by atoms with Crippen molar-refractivity contribution in [2.45, 2.75) is 51.9 Å². The van der Waals surface area contributed by atoms with Crippen LogP contribution in [0.4, 0.5) is 0 Å². The summed E-state index contributed by atoms with van der Waals surface area (Å²) in [4.78, 5) is 27.0. The number of halogens is 1. The van der Waals surface area contributed by atoms with Gasteiger partial charge in [0.1, 0.15) is 0 Å². The molecule has 3 atom stereocenters. The number of aliphatic hydroxyl groups is 1. The Morgan fingerprint density at radius 1 is 1.37 bits per heavy atom. The van der Waals surface area contributed by atoms with Crippen LogP contribution in [0.2, 0.25) is 0 Å². The molecule has 1 saturated heterocycles. The first-order chi connectivity index (χ1) is 12.1. The van der Waals surface area contributed by atoms with E-state index in [0.717, 1.165) is 10.5 Å². The van der Waals surface area contributed by atoms with E-state index in [9.17, 15) is 14.7 Å². The van der Waals surface area contributed by atoms with E-state index in [1.54, 1.807) is 24.3 Å². The first kappa shape index (κ1) is 23.1. The molecule has 1 fully saturated rings. The third-order valence-corrected chi connectivity index (χ3v) is 4.56. The zero-order valence-electron chi connectivity index (χ0n) is 15.8. The van der Waals surface area contributed by atoms with E-state index in [1.165, 1.54) is 0 Å². The van der Waals surface area contributed by atoms with Crippen molar-refractivity contribution >= 4 is 24.2 Å². The van der Waals surface area contributed by atoms with Gasteiger partial charge in [-0.05, 0) is 29.5 Å². The number of nitriles is 1. The molecule has 4 N–H and O–H groups in total. The summed E-state index contributed by atoms with van der Waals surface area (Å²) in [5.41, 5.74) is 6.84. The summed E-state index contributed by atoms with van der Waals surface area (Å²) in [6.45, 7) is 5.93. The number of hydrogen-bond donors (Lipinski definition) is 3. The molecular formula is C19H27ClN4O3. The Bertz CT molecular complexity index is 709. The fourth-order valence-electron chi connectivity index (χ4n) is 2.76. The number of hydrogen-bond acceptors (Lipinski definition) is 6. The van der Waals surface area contributed by atoms with E-state index in [1.807, 2.05) is 26.8 Å². The van der Waals surface area contributed by atoms with Crippen molar-refractivity contribution in [1.29, 1.82) is 5.26 Å². The molecule has 27 heavy (non-hydrogen) atoms. The highest BCUT2D eigenvalue weighted by Crippen LogP contribution is 2.22. The minimum Gasteiger partial charge on any atom is -0.392 e. The Morgan fingerprint density at radius 3 is 2.41 bits per heavy atom. The largest absolute Gasteiger partial charge is 0.392 e. The quantitative estimate of drug-likeness (QED) is 0.698. The maximum Gasteiger partial charge on any atom is 0.246 e. The fraction of sp³-hybridized carbons (Fsp3) is 0.526. The molecule has 1 aliphatic rings. The molecule has 1 aromatic rings. The lowest BCUT2D eigenvalue weighted by Crippen LogP contribution is -2.55. The van der Waals surface area contributed by atoms with Crippen LogP contribution >= 0.6 is 12.4 Å². The van der Waals surface area contributed by atoms with E-state index in [4.69, 9.17) is 11.0 Å². The van der Waals surface area contributed by atoms with Gasteiger partial charge >= 0.3 is 0 Å². The highest BCUT2D eigenvalue weighted by atomic mass is 35.5. The van der Waals surface area contributed by atoms with E-state index in [0.29, 0.717) is 12.1 Å². The Balaban J connectivity index is 0.00000364. The molecule has 148 valence electrons. The molecule has 8 heteroatoms. The number of nitrogens with one attached hydrogen (secondary N) is 1. The first-order valence-corrected chi connectivity index (χ1v) is 8.64. The second kappa shape index (κ2) is 9.29. The molecule has 2 amide bonds. The molecule has 0 unspecified atom stereocenters. The lowest BCUT2D eigenvalue weighted by atomic mass is 9.86. The number of imide groups is 1. The Morgan fingerprint density at radius 2 is 1.96 bits per heavy atom. The molecule has 2 rings (SSSR count). The van der Waals surface area contributed by atoms with Gasteiger partial charge in [-0.2, -0.15) is 5.26 Å². The van der Waals surface area contributed by atoms with E-state index in [-0.39, 0.29) is 25.4 Å². The highest BCUT2D eigenvalue weighted by Gasteiger charge is 2.38. The summed E-state index contributed by atoms with van der Waals surface area (Å²) in [7, 11) is 0. The molecule has 1 aliphatic heterocycles. The molecule has 0 aliphatic carbocycles. The van der Waals surface area contributed by atoms with Gasteiger partial charge in [0, 0.05) is 6.54 Å². The molecule has 0 spiro atoms. The van der Waals surface area contributed by atoms with Gasteiger partial charge in [-0.1, -0.05) is 32.9 Å². The highest BCUT2D eigenvalue weighted by molar-refractivity contribution is 6.00. The van der Waals surface area contributed by atoms with Crippen LogP contribution < -0.4 is 11.1 Å². The summed E-state index contributed by atoms with van der Waals surface area (Å²) in [5, 5.41) is 21.5. The SMILES string of the molecule is CC(C)(C)[C@H](N)C(=O)N(Cc1ccc(C#N)cc1)C(=O)[C@@H]1C[C@@H](O)CN1.Cl. The van der Waals surface area contributed by atoms with Crippen LogP contribution in [-0.4, -0.2) is 46.6 Å². The van der Waals surface area contributed by atoms with Crippen molar-refractivity contribution < 1.29 is 14.7 Å². The molecule has 0 saturated carbocycles. The van der Waals surface area contributed by atoms with E-state index in [2.05, 4.69) is 5.32 Å². The van der Waals surface area contributed by atoms with E-state index >= 15 is 0 Å². The van der Waals surface area contributed by atoms with Crippen LogP contribution in [0, 0.1) is 16.7 Å². The zero-order valence-corrected chi connectivity index (χ0v) is 16.6. The minimum atomic E-state index is -0.837. The molecule has 0 aromatic heterocycles. The van der Waals surface area contributed by atoms with Crippen molar-refractivity contribution in [3.8, 4) is 6.07 Å². The van der Waals surface area contributed by atoms with Gasteiger partial charge in [-0.25, -0.2) is 0 Å². The fourth-order valence-corrected chi connectivity index (χ4v) is 2.76. The zero-order chi connectivity index (χ0) is 19.5. The monoisotopic (exact) mass is 394 g/mol. The summed E-state index contributed by atoms with van der Waals surface area (Å²) >= 11 is 0. The smallest absolute Gasteiger partial charge is 0.246 e. The van der Waals surface area contributed by atoms with Gasteiger partial charge in [0.05, 0.1) is 36.4 Å². The van der Waals surface area contributed by atoms with Crippen LogP contribution in [-0.2, 0) is 16.1 Å². The molecule has 1 aromatic carbocycles. The number of carbonyl (C=O) groups excluding carboxylic acids is 2. The summed E-state index contributed by atoms with van der Waals surface area (Å²) < 4.78 is 0. The maximum atomic E-state index is 12.9. The number of aliphatic hydroxyl groups excluding tert-OH is 1. The number of amides is 2. The number of nitrogens with zero attached hydrogens (tertiary/aromatic N) is 2. The van der Waals surface area contributed by atoms with Gasteiger partial charge in [0.2, 0.25) is 11.8 Å². The average Bonchev–Trinajstić information content (AvgIpc) is 3.04. The third-order valence-electron chi connectivity index (χ3n) is 4.56. The molecule has 0 radical (unpaired) electrons. The third kappa shape index (κ3) is 5.75. The molecule has 0 bridgehead atoms. The van der Waals surface area contributed by atoms with Crippen LogP contribution in [0.5, 0.6) is 0 Å². The second-order valence-corrected chi connectivity index (χ2v) is 7.77. The number of benzene rings is 1. The van der Waals surface area contributed by atoms with Crippen LogP contribution in [0.3, 0.4) is 0 Å². The number of nitrogens with two attached hydrogens (primary N) is 1. The van der Waals surface area contributed by atoms with Crippen molar-refractivity contribution in [3.05, 3.63) is 35.4 Å². The molecular weight excluding hydrogens is 368 g/mol. The van der Waals surface area contributed by atoms with Gasteiger partial charge in [-0.15, -0.1) is 12.4 Å². The predicted octanol–water partition coefficient (Wildman–Crippen LogP) is 0.931. The van der Waals surface area contributed by atoms with Crippen molar-refractivity contribution in [1.82, 2.24) is 10.2 Å². The molecule has 1 heterocycles. The minimum absolute atomic E-state index is 0. The topological polar surface area (TPSA) is 119 Å². The van der Waals surface area contributed by atoms with Crippen LogP contribution in [0.15, 0.2) is 24.3 Å². The van der Waals surface area contributed by atoms with Gasteiger partial charge < -0.3 is 16.2 Å². The summed E-state index contributed by atoms with van der Waals surface area (Å²) in [5.74, 6) is -0.842. The number of carbonyl (C=O) groups is 2. The van der Waals surface area contributed by atoms with E-state index < -0.39 is 35.4 Å². The normalized spacial score (nSPS) is 20.3. The van der Waals surface area contributed by atoms with Crippen LogP contribution in [0.25, 0.3) is 0 Å². The van der Waals surface area contributed by atoms with Gasteiger partial charge in [0.15, 0.2) is 0 Å². The Hall–Kier alpha value is -1.98. The van der Waals surface area contributed by atoms with Crippen LogP contribution in [0.1, 0.15) is 38.3 Å². The van der Waals surface area contributed by atoms with Crippen molar-refractivity contribution in [3.63, 3.8) is 0 Å². The lowest BCUT2D eigenvalue weighted by Gasteiger charge is -2.32. The van der Waals surface area contributed by atoms with Crippen molar-refractivity contribution in [2.24, 2.45) is 11.1 Å². The summed E-state index contributed by atoms with van der Waals surface area (Å²) in [6, 6.07) is 7.30. The number of rotatable bonds is 4. The predicted molar refractivity (Wildman–Crippen MR) is 104 cm³/mol. The Kier molecular flexibility index (Phi) is 7.93.